The van der Waals surface area contributed by atoms with Gasteiger partial charge >= 0.3 is 7.82 Å². The predicted octanol–water partition coefficient (Wildman–Crippen LogP) is 8.58. The number of carbonyl (C=O) groups is 1. The summed E-state index contributed by atoms with van der Waals surface area (Å²) in [6, 6.07) is -1.01. The highest BCUT2D eigenvalue weighted by Crippen LogP contribution is 2.43. The van der Waals surface area contributed by atoms with Gasteiger partial charge in [0.15, 0.2) is 0 Å². The van der Waals surface area contributed by atoms with Crippen molar-refractivity contribution in [2.75, 3.05) is 19.8 Å². The van der Waals surface area contributed by atoms with Crippen LogP contribution in [0.3, 0.4) is 0 Å². The van der Waals surface area contributed by atoms with Gasteiger partial charge in [-0.1, -0.05) is 140 Å². The van der Waals surface area contributed by atoms with Gasteiger partial charge in [0.05, 0.1) is 37.9 Å². The highest BCUT2D eigenvalue weighted by molar-refractivity contribution is 7.47. The van der Waals surface area contributed by atoms with Crippen LogP contribution in [0.25, 0.3) is 0 Å². The summed E-state index contributed by atoms with van der Waals surface area (Å²) in [7, 11) is -4.40. The summed E-state index contributed by atoms with van der Waals surface area (Å²) >= 11 is 0. The van der Waals surface area contributed by atoms with E-state index in [2.05, 4.69) is 31.3 Å². The molecule has 0 aromatic rings. The van der Waals surface area contributed by atoms with Crippen molar-refractivity contribution in [3.8, 4) is 0 Å². The number of nitrogens with two attached hydrogens (primary N) is 1. The molecule has 0 bridgehead atoms. The summed E-state index contributed by atoms with van der Waals surface area (Å²) in [4.78, 5) is 22.5. The number of allylic oxidation sites excluding steroid dienone is 4. The van der Waals surface area contributed by atoms with E-state index < -0.39 is 38.6 Å². The van der Waals surface area contributed by atoms with Crippen LogP contribution in [0.2, 0.25) is 0 Å². The summed E-state index contributed by atoms with van der Waals surface area (Å²) in [6.07, 6.45) is 34.1. The van der Waals surface area contributed by atoms with E-state index in [0.29, 0.717) is 12.8 Å². The molecule has 0 spiro atoms. The van der Waals surface area contributed by atoms with E-state index in [1.165, 1.54) is 96.3 Å². The van der Waals surface area contributed by atoms with Crippen molar-refractivity contribution in [3.63, 3.8) is 0 Å². The molecule has 0 aliphatic heterocycles. The summed E-state index contributed by atoms with van der Waals surface area (Å²) in [5.74, 6) is -0.494. The van der Waals surface area contributed by atoms with Gasteiger partial charge in [-0.15, -0.1) is 0 Å². The van der Waals surface area contributed by atoms with Gasteiger partial charge in [0.1, 0.15) is 0 Å². The highest BCUT2D eigenvalue weighted by Gasteiger charge is 2.27. The van der Waals surface area contributed by atoms with E-state index in [-0.39, 0.29) is 19.6 Å². The van der Waals surface area contributed by atoms with Crippen LogP contribution in [0.4, 0.5) is 0 Å². The summed E-state index contributed by atoms with van der Waals surface area (Å²) < 4.78 is 21.9. The molecule has 4 atom stereocenters. The van der Waals surface area contributed by atoms with Crippen LogP contribution < -0.4 is 11.1 Å². The maximum Gasteiger partial charge on any atom is 0.472 e. The first-order chi connectivity index (χ1) is 22.8. The fourth-order valence-electron chi connectivity index (χ4n) is 5.13. The van der Waals surface area contributed by atoms with E-state index in [1.54, 1.807) is 6.08 Å². The second-order valence-corrected chi connectivity index (χ2v) is 14.1. The van der Waals surface area contributed by atoms with Crippen molar-refractivity contribution in [3.05, 3.63) is 36.5 Å². The number of carbonyl (C=O) groups excluding carboxylic acids is 1. The Bertz CT molecular complexity index is 853. The standard InChI is InChI=1S/C37H71N2O7P/c1-3-5-7-9-11-12-13-14-15-16-17-18-19-20-21-23-25-27-29-36(41)35(33-46-47(43,44)45-31-30-38)39-37(42)32-34(40)28-26-24-22-10-8-6-4-2/h20-21,24,26-27,29,34-36,40-41H,3-19,22-23,25,28,30-33,38H2,1-2H3,(H,39,42)(H,43,44)/b21-20+,26-24-,29-27+. The minimum Gasteiger partial charge on any atom is -0.392 e. The molecule has 9 nitrogen and oxygen atoms in total. The number of unbranched alkanes of at least 4 members (excludes halogenated alkanes) is 17. The Balaban J connectivity index is 4.47. The summed E-state index contributed by atoms with van der Waals surface area (Å²) in [5, 5.41) is 23.7. The lowest BCUT2D eigenvalue weighted by atomic mass is 10.0. The maximum absolute atomic E-state index is 12.6. The lowest BCUT2D eigenvalue weighted by Gasteiger charge is -2.23. The Hall–Kier alpha value is -1.32. The maximum atomic E-state index is 12.6. The zero-order chi connectivity index (χ0) is 34.9. The normalized spacial score (nSPS) is 15.4. The molecule has 4 unspecified atom stereocenters. The number of hydrogen-bond acceptors (Lipinski definition) is 7. The number of amides is 1. The average molecular weight is 687 g/mol. The van der Waals surface area contributed by atoms with E-state index in [9.17, 15) is 24.5 Å². The molecule has 1 amide bonds. The zero-order valence-corrected chi connectivity index (χ0v) is 30.8. The van der Waals surface area contributed by atoms with Crippen molar-refractivity contribution in [1.29, 1.82) is 0 Å². The Morgan fingerprint density at radius 1 is 0.723 bits per heavy atom. The quantitative estimate of drug-likeness (QED) is 0.0257. The van der Waals surface area contributed by atoms with Gasteiger partial charge in [0.2, 0.25) is 5.91 Å². The molecule has 0 saturated heterocycles. The SMILES string of the molecule is CCCCCC/C=C\CC(O)CC(=O)NC(COP(=O)(O)OCCN)C(O)/C=C/CC/C=C/CCCCCCCCCCCCCC. The van der Waals surface area contributed by atoms with Crippen molar-refractivity contribution in [2.24, 2.45) is 5.73 Å². The first-order valence-electron chi connectivity index (χ1n) is 18.7. The molecular weight excluding hydrogens is 615 g/mol. The number of phosphoric acid groups is 1. The molecule has 6 N–H and O–H groups in total. The molecule has 0 saturated carbocycles. The van der Waals surface area contributed by atoms with Crippen molar-refractivity contribution < 1.29 is 33.5 Å². The Kier molecular flexibility index (Phi) is 32.3. The minimum atomic E-state index is -4.40. The molecule has 0 heterocycles. The van der Waals surface area contributed by atoms with Crippen LogP contribution in [0, 0.1) is 0 Å². The number of aliphatic hydroxyl groups is 2. The number of nitrogens with one attached hydrogen (secondary N) is 1. The third-order valence-electron chi connectivity index (χ3n) is 7.99. The summed E-state index contributed by atoms with van der Waals surface area (Å²) in [5.41, 5.74) is 5.33. The molecule has 0 aromatic carbocycles. The third kappa shape index (κ3) is 31.7. The van der Waals surface area contributed by atoms with Crippen molar-refractivity contribution in [1.82, 2.24) is 5.32 Å². The van der Waals surface area contributed by atoms with E-state index >= 15 is 0 Å². The molecule has 0 aliphatic carbocycles. The monoisotopic (exact) mass is 686 g/mol. The molecular formula is C37H71N2O7P. The molecule has 0 rings (SSSR count). The first-order valence-corrected chi connectivity index (χ1v) is 20.2. The molecule has 0 aromatic heterocycles. The number of aliphatic hydroxyl groups excluding tert-OH is 2. The first kappa shape index (κ1) is 45.7. The topological polar surface area (TPSA) is 151 Å². The van der Waals surface area contributed by atoms with Crippen LogP contribution in [-0.4, -0.2) is 59.0 Å². The Labute approximate surface area is 287 Å². The largest absolute Gasteiger partial charge is 0.472 e. The van der Waals surface area contributed by atoms with Crippen LogP contribution in [0.1, 0.15) is 155 Å². The van der Waals surface area contributed by atoms with Crippen LogP contribution in [0.5, 0.6) is 0 Å². The third-order valence-corrected chi connectivity index (χ3v) is 8.98. The Morgan fingerprint density at radius 2 is 1.21 bits per heavy atom. The smallest absolute Gasteiger partial charge is 0.392 e. The molecule has 47 heavy (non-hydrogen) atoms. The van der Waals surface area contributed by atoms with Gasteiger partial charge in [0.25, 0.3) is 0 Å². The van der Waals surface area contributed by atoms with E-state index in [4.69, 9.17) is 14.8 Å². The van der Waals surface area contributed by atoms with E-state index in [0.717, 1.165) is 25.7 Å². The Morgan fingerprint density at radius 3 is 1.79 bits per heavy atom. The lowest BCUT2D eigenvalue weighted by molar-refractivity contribution is -0.124. The molecule has 0 fully saturated rings. The second-order valence-electron chi connectivity index (χ2n) is 12.6. The van der Waals surface area contributed by atoms with Gasteiger partial charge in [-0.3, -0.25) is 13.8 Å². The molecule has 276 valence electrons. The summed E-state index contributed by atoms with van der Waals surface area (Å²) in [6.45, 7) is 3.84. The van der Waals surface area contributed by atoms with Crippen LogP contribution in [-0.2, 0) is 18.4 Å². The van der Waals surface area contributed by atoms with Crippen molar-refractivity contribution in [2.45, 2.75) is 173 Å². The van der Waals surface area contributed by atoms with Gasteiger partial charge in [0, 0.05) is 6.54 Å². The zero-order valence-electron chi connectivity index (χ0n) is 29.9. The minimum absolute atomic E-state index is 0.0400. The van der Waals surface area contributed by atoms with Gasteiger partial charge < -0.3 is 26.2 Å². The molecule has 0 aliphatic rings. The highest BCUT2D eigenvalue weighted by atomic mass is 31.2. The van der Waals surface area contributed by atoms with Crippen LogP contribution in [0.15, 0.2) is 36.5 Å². The number of hydrogen-bond donors (Lipinski definition) is 5. The van der Waals surface area contributed by atoms with E-state index in [1.807, 2.05) is 18.2 Å². The van der Waals surface area contributed by atoms with Gasteiger partial charge in [-0.25, -0.2) is 4.57 Å². The van der Waals surface area contributed by atoms with Crippen molar-refractivity contribution >= 4 is 13.7 Å². The molecule has 10 heteroatoms. The fraction of sp³-hybridized carbons (Fsp3) is 0.811. The fourth-order valence-corrected chi connectivity index (χ4v) is 5.89. The second kappa shape index (κ2) is 33.2. The average Bonchev–Trinajstić information content (AvgIpc) is 3.04. The molecule has 0 radical (unpaired) electrons. The van der Waals surface area contributed by atoms with Gasteiger partial charge in [-0.05, 0) is 44.9 Å². The predicted molar refractivity (Wildman–Crippen MR) is 195 cm³/mol. The number of rotatable bonds is 34. The lowest BCUT2D eigenvalue weighted by Crippen LogP contribution is -2.46. The van der Waals surface area contributed by atoms with Gasteiger partial charge in [-0.2, -0.15) is 0 Å². The number of phosphoric ester groups is 1. The van der Waals surface area contributed by atoms with Crippen LogP contribution >= 0.6 is 7.82 Å².